The van der Waals surface area contributed by atoms with Gasteiger partial charge in [-0.3, -0.25) is 0 Å². The van der Waals surface area contributed by atoms with Crippen molar-refractivity contribution in [2.45, 2.75) is 13.3 Å². The van der Waals surface area contributed by atoms with Crippen LogP contribution in [-0.4, -0.2) is 5.33 Å². The molecule has 0 radical (unpaired) electrons. The first-order valence-corrected chi connectivity index (χ1v) is 5.47. The van der Waals surface area contributed by atoms with E-state index in [-0.39, 0.29) is 0 Å². The van der Waals surface area contributed by atoms with Gasteiger partial charge in [0.2, 0.25) is 0 Å². The largest absolute Gasteiger partial charge is 0.461 e. The summed E-state index contributed by atoms with van der Waals surface area (Å²) >= 11 is 3.40. The second-order valence-corrected chi connectivity index (χ2v) is 3.99. The summed E-state index contributed by atoms with van der Waals surface area (Å²) in [6, 6.07) is 8.37. The lowest BCUT2D eigenvalue weighted by atomic mass is 10.2. The predicted molar refractivity (Wildman–Crippen MR) is 58.4 cm³/mol. The molecule has 1 heterocycles. The molecule has 0 unspecified atom stereocenters. The first kappa shape index (κ1) is 8.82. The van der Waals surface area contributed by atoms with E-state index in [1.54, 1.807) is 0 Å². The first-order chi connectivity index (χ1) is 6.29. The molecule has 2 aromatic rings. The molecular formula is C11H11BrO. The Labute approximate surface area is 85.9 Å². The van der Waals surface area contributed by atoms with E-state index in [4.69, 9.17) is 4.42 Å². The number of halogens is 1. The molecule has 13 heavy (non-hydrogen) atoms. The van der Waals surface area contributed by atoms with E-state index >= 15 is 0 Å². The molecule has 2 rings (SSSR count). The fourth-order valence-electron chi connectivity index (χ4n) is 1.43. The third-order valence-electron chi connectivity index (χ3n) is 2.06. The van der Waals surface area contributed by atoms with Crippen LogP contribution in [0.15, 0.2) is 28.7 Å². The molecule has 0 N–H and O–H groups in total. The number of aryl methyl sites for hydroxylation is 2. The molecule has 0 aliphatic heterocycles. The third kappa shape index (κ3) is 1.78. The van der Waals surface area contributed by atoms with Crippen LogP contribution in [0.3, 0.4) is 0 Å². The highest BCUT2D eigenvalue weighted by Gasteiger charge is 2.02. The second kappa shape index (κ2) is 3.54. The molecular weight excluding hydrogens is 228 g/mol. The maximum absolute atomic E-state index is 5.63. The van der Waals surface area contributed by atoms with Gasteiger partial charge in [0.05, 0.1) is 0 Å². The number of furan rings is 1. The lowest BCUT2D eigenvalue weighted by Crippen LogP contribution is -1.78. The van der Waals surface area contributed by atoms with Gasteiger partial charge in [-0.05, 0) is 25.1 Å². The van der Waals surface area contributed by atoms with Gasteiger partial charge in [-0.25, -0.2) is 0 Å². The number of rotatable bonds is 2. The molecule has 0 spiro atoms. The van der Waals surface area contributed by atoms with Gasteiger partial charge in [-0.15, -0.1) is 0 Å². The minimum absolute atomic E-state index is 0.950. The van der Waals surface area contributed by atoms with Crippen LogP contribution in [0.2, 0.25) is 0 Å². The Morgan fingerprint density at radius 3 is 2.92 bits per heavy atom. The van der Waals surface area contributed by atoms with E-state index in [0.29, 0.717) is 0 Å². The zero-order valence-electron chi connectivity index (χ0n) is 7.51. The van der Waals surface area contributed by atoms with Gasteiger partial charge in [0.25, 0.3) is 0 Å². The number of hydrogen-bond donors (Lipinski definition) is 0. The summed E-state index contributed by atoms with van der Waals surface area (Å²) in [5.41, 5.74) is 2.26. The summed E-state index contributed by atoms with van der Waals surface area (Å²) in [4.78, 5) is 0. The van der Waals surface area contributed by atoms with E-state index in [1.165, 1.54) is 10.9 Å². The Kier molecular flexibility index (Phi) is 2.40. The molecule has 1 aromatic heterocycles. The van der Waals surface area contributed by atoms with Crippen LogP contribution in [0.25, 0.3) is 11.0 Å². The molecule has 0 saturated carbocycles. The minimum Gasteiger partial charge on any atom is -0.461 e. The maximum atomic E-state index is 5.63. The molecule has 1 aromatic carbocycles. The van der Waals surface area contributed by atoms with E-state index in [0.717, 1.165) is 23.1 Å². The number of fused-ring (bicyclic) bond motifs is 1. The molecule has 0 amide bonds. The van der Waals surface area contributed by atoms with Crippen molar-refractivity contribution in [2.24, 2.45) is 0 Å². The fraction of sp³-hybridized carbons (Fsp3) is 0.273. The van der Waals surface area contributed by atoms with Crippen LogP contribution in [-0.2, 0) is 6.42 Å². The summed E-state index contributed by atoms with van der Waals surface area (Å²) in [6.45, 7) is 2.09. The van der Waals surface area contributed by atoms with Crippen LogP contribution in [0, 0.1) is 6.92 Å². The highest BCUT2D eigenvalue weighted by atomic mass is 79.9. The Bertz CT molecular complexity index is 417. The lowest BCUT2D eigenvalue weighted by molar-refractivity contribution is 0.559. The smallest absolute Gasteiger partial charge is 0.134 e. The van der Waals surface area contributed by atoms with Crippen molar-refractivity contribution in [3.63, 3.8) is 0 Å². The van der Waals surface area contributed by atoms with Crippen LogP contribution < -0.4 is 0 Å². The van der Waals surface area contributed by atoms with Crippen molar-refractivity contribution in [1.82, 2.24) is 0 Å². The zero-order chi connectivity index (χ0) is 9.26. The Morgan fingerprint density at radius 2 is 2.15 bits per heavy atom. The Balaban J connectivity index is 2.49. The van der Waals surface area contributed by atoms with Crippen molar-refractivity contribution >= 4 is 26.9 Å². The van der Waals surface area contributed by atoms with Gasteiger partial charge in [0.1, 0.15) is 11.3 Å². The fourth-order valence-corrected chi connectivity index (χ4v) is 1.82. The van der Waals surface area contributed by atoms with E-state index in [1.807, 2.05) is 6.07 Å². The minimum atomic E-state index is 0.950. The molecule has 1 nitrogen and oxygen atoms in total. The average molecular weight is 239 g/mol. The van der Waals surface area contributed by atoms with Crippen LogP contribution >= 0.6 is 15.9 Å². The summed E-state index contributed by atoms with van der Waals surface area (Å²) in [5, 5.41) is 2.15. The highest BCUT2D eigenvalue weighted by Crippen LogP contribution is 2.21. The topological polar surface area (TPSA) is 13.1 Å². The van der Waals surface area contributed by atoms with E-state index in [9.17, 15) is 0 Å². The number of benzene rings is 1. The third-order valence-corrected chi connectivity index (χ3v) is 2.46. The van der Waals surface area contributed by atoms with E-state index < -0.39 is 0 Å². The van der Waals surface area contributed by atoms with Crippen molar-refractivity contribution in [1.29, 1.82) is 0 Å². The lowest BCUT2D eigenvalue weighted by Gasteiger charge is -1.89. The molecule has 0 aliphatic rings. The summed E-state index contributed by atoms with van der Waals surface area (Å²) < 4.78 is 5.63. The summed E-state index contributed by atoms with van der Waals surface area (Å²) in [5.74, 6) is 1.05. The first-order valence-electron chi connectivity index (χ1n) is 4.34. The molecule has 0 fully saturated rings. The molecule has 2 heteroatoms. The van der Waals surface area contributed by atoms with Crippen molar-refractivity contribution < 1.29 is 4.42 Å². The van der Waals surface area contributed by atoms with Gasteiger partial charge in [-0.1, -0.05) is 27.6 Å². The maximum Gasteiger partial charge on any atom is 0.134 e. The van der Waals surface area contributed by atoms with E-state index in [2.05, 4.69) is 41.1 Å². The normalized spacial score (nSPS) is 10.9. The zero-order valence-corrected chi connectivity index (χ0v) is 9.10. The molecule has 0 atom stereocenters. The van der Waals surface area contributed by atoms with Crippen LogP contribution in [0.1, 0.15) is 11.3 Å². The van der Waals surface area contributed by atoms with Gasteiger partial charge in [0, 0.05) is 17.1 Å². The van der Waals surface area contributed by atoms with Gasteiger partial charge in [0.15, 0.2) is 0 Å². The molecule has 0 bridgehead atoms. The van der Waals surface area contributed by atoms with Crippen LogP contribution in [0.5, 0.6) is 0 Å². The van der Waals surface area contributed by atoms with Gasteiger partial charge >= 0.3 is 0 Å². The molecule has 0 aliphatic carbocycles. The van der Waals surface area contributed by atoms with Gasteiger partial charge < -0.3 is 4.42 Å². The monoisotopic (exact) mass is 238 g/mol. The average Bonchev–Trinajstić information content (AvgIpc) is 2.46. The number of alkyl halides is 1. The molecule has 0 saturated heterocycles. The predicted octanol–water partition coefficient (Wildman–Crippen LogP) is 3.68. The Hall–Kier alpha value is -0.760. The summed E-state index contributed by atoms with van der Waals surface area (Å²) in [6.07, 6.45) is 0.952. The number of hydrogen-bond acceptors (Lipinski definition) is 1. The standard InChI is InChI=1S/C11H11BrO/c1-8-2-3-11-9(6-8)7-10(13-11)4-5-12/h2-3,6-7H,4-5H2,1H3. The van der Waals surface area contributed by atoms with Gasteiger partial charge in [-0.2, -0.15) is 0 Å². The highest BCUT2D eigenvalue weighted by molar-refractivity contribution is 9.09. The second-order valence-electron chi connectivity index (χ2n) is 3.19. The van der Waals surface area contributed by atoms with Crippen molar-refractivity contribution in [3.05, 3.63) is 35.6 Å². The van der Waals surface area contributed by atoms with Crippen molar-refractivity contribution in [2.75, 3.05) is 5.33 Å². The summed E-state index contributed by atoms with van der Waals surface area (Å²) in [7, 11) is 0. The SMILES string of the molecule is Cc1ccc2oc(CCBr)cc2c1. The van der Waals surface area contributed by atoms with Crippen LogP contribution in [0.4, 0.5) is 0 Å². The quantitative estimate of drug-likeness (QED) is 0.728. The van der Waals surface area contributed by atoms with Crippen molar-refractivity contribution in [3.8, 4) is 0 Å². The molecule has 68 valence electrons. The Morgan fingerprint density at radius 1 is 1.31 bits per heavy atom.